The number of para-hydroxylation sites is 2. The number of aliphatic carboxylic acids is 1. The minimum Gasteiger partial charge on any atom is -0.550 e. The van der Waals surface area contributed by atoms with Gasteiger partial charge in [-0.25, -0.2) is 0 Å². The van der Waals surface area contributed by atoms with Gasteiger partial charge in [0.15, 0.2) is 11.1 Å². The monoisotopic (exact) mass is 490 g/mol. The van der Waals surface area contributed by atoms with Crippen molar-refractivity contribution in [1.82, 2.24) is 0 Å². The highest BCUT2D eigenvalue weighted by Gasteiger charge is 2.49. The van der Waals surface area contributed by atoms with Crippen LogP contribution in [-0.2, 0) is 4.79 Å². The zero-order chi connectivity index (χ0) is 25.2. The average Bonchev–Trinajstić information content (AvgIpc) is 2.92. The van der Waals surface area contributed by atoms with Gasteiger partial charge in [-0.2, -0.15) is 0 Å². The maximum atomic E-state index is 8.89. The van der Waals surface area contributed by atoms with Gasteiger partial charge >= 0.3 is 0 Å². The normalized spacial score (nSPS) is 10.6. The van der Waals surface area contributed by atoms with E-state index in [1.54, 1.807) is 0 Å². The van der Waals surface area contributed by atoms with E-state index in [0.717, 1.165) is 18.4 Å². The van der Waals surface area contributed by atoms with Crippen LogP contribution in [0.1, 0.15) is 6.92 Å². The van der Waals surface area contributed by atoms with E-state index in [2.05, 4.69) is 115 Å². The number of ether oxygens (including phenoxy) is 1. The maximum Gasteiger partial charge on any atom is 0.170 e. The van der Waals surface area contributed by atoms with E-state index >= 15 is 0 Å². The van der Waals surface area contributed by atoms with E-state index in [4.69, 9.17) is 14.6 Å². The van der Waals surface area contributed by atoms with Gasteiger partial charge in [0.1, 0.15) is 28.9 Å². The Labute approximate surface area is 213 Å². The molecule has 0 unspecified atom stereocenters. The van der Waals surface area contributed by atoms with Gasteiger partial charge in [0.05, 0.1) is 0 Å². The first-order chi connectivity index (χ1) is 17.6. The Morgan fingerprint density at radius 3 is 1.31 bits per heavy atom. The van der Waals surface area contributed by atoms with Crippen LogP contribution in [0.5, 0.6) is 11.5 Å². The molecule has 0 aliphatic rings. The molecule has 178 valence electrons. The first kappa shape index (κ1) is 24.9. The summed E-state index contributed by atoms with van der Waals surface area (Å²) in [4.78, 5) is 8.89. The van der Waals surface area contributed by atoms with E-state index in [1.165, 1.54) is 21.2 Å². The zero-order valence-electron chi connectivity index (χ0n) is 20.0. The van der Waals surface area contributed by atoms with Crippen LogP contribution in [-0.4, -0.2) is 5.97 Å². The molecular formula is C32H27O3P. The van der Waals surface area contributed by atoms with Crippen molar-refractivity contribution >= 4 is 34.4 Å². The molecule has 36 heavy (non-hydrogen) atoms. The lowest BCUT2D eigenvalue weighted by atomic mass is 10.3. The summed E-state index contributed by atoms with van der Waals surface area (Å²) >= 11 is 0. The predicted molar refractivity (Wildman–Crippen MR) is 148 cm³/mol. The van der Waals surface area contributed by atoms with Gasteiger partial charge in [-0.05, 0) is 67.6 Å². The third-order valence-electron chi connectivity index (χ3n) is 5.63. The second kappa shape index (κ2) is 12.0. The molecule has 0 radical (unpaired) electrons. The molecule has 4 heteroatoms. The van der Waals surface area contributed by atoms with Crippen molar-refractivity contribution in [2.45, 2.75) is 6.92 Å². The SMILES string of the molecule is CC(=O)[O-].c1ccc(Oc2ccccc2[P+](c2ccccc2)(c2ccccc2)c2ccccc2)cc1. The third-order valence-corrected chi connectivity index (χ3v) is 9.94. The molecule has 0 fully saturated rings. The lowest BCUT2D eigenvalue weighted by molar-refractivity contribution is -0.302. The van der Waals surface area contributed by atoms with E-state index in [9.17, 15) is 0 Å². The molecule has 0 heterocycles. The van der Waals surface area contributed by atoms with Crippen molar-refractivity contribution in [3.63, 3.8) is 0 Å². The Morgan fingerprint density at radius 1 is 0.556 bits per heavy atom. The molecule has 0 bridgehead atoms. The molecule has 0 atom stereocenters. The first-order valence-electron chi connectivity index (χ1n) is 11.7. The van der Waals surface area contributed by atoms with Gasteiger partial charge < -0.3 is 14.6 Å². The van der Waals surface area contributed by atoms with Crippen LogP contribution in [0.4, 0.5) is 0 Å². The van der Waals surface area contributed by atoms with Crippen LogP contribution in [0.2, 0.25) is 0 Å². The molecule has 0 saturated heterocycles. The minimum absolute atomic E-state index is 0.840. The molecule has 0 saturated carbocycles. The molecule has 0 aliphatic heterocycles. The molecule has 0 spiro atoms. The van der Waals surface area contributed by atoms with Gasteiger partial charge in [-0.3, -0.25) is 0 Å². The standard InChI is InChI=1S/C30H24OP.C2H4O2/c1-5-15-25(16-6-1)31-29-23-13-14-24-30(29)32(26-17-7-2-8-18-26,27-19-9-3-10-20-27)28-21-11-4-12-22-28;1-2(3)4/h1-24H;1H3,(H,3,4)/q+1;/p-1. The van der Waals surface area contributed by atoms with Gasteiger partial charge in [-0.1, -0.05) is 84.9 Å². The summed E-state index contributed by atoms with van der Waals surface area (Å²) in [6, 6.07) is 51.1. The number of hydrogen-bond donors (Lipinski definition) is 0. The Hall–Kier alpha value is -4.20. The predicted octanol–water partition coefficient (Wildman–Crippen LogP) is 4.85. The van der Waals surface area contributed by atoms with Gasteiger partial charge in [0.25, 0.3) is 0 Å². The van der Waals surface area contributed by atoms with Crippen LogP contribution >= 0.6 is 7.26 Å². The largest absolute Gasteiger partial charge is 0.550 e. The summed E-state index contributed by atoms with van der Waals surface area (Å²) < 4.78 is 6.51. The van der Waals surface area contributed by atoms with E-state index in [1.807, 2.05) is 30.3 Å². The second-order valence-corrected chi connectivity index (χ2v) is 11.4. The third kappa shape index (κ3) is 5.54. The fourth-order valence-corrected chi connectivity index (χ4v) is 8.60. The molecule has 3 nitrogen and oxygen atoms in total. The highest BCUT2D eigenvalue weighted by atomic mass is 31.2. The molecule has 0 amide bonds. The Bertz CT molecular complexity index is 1270. The summed E-state index contributed by atoms with van der Waals surface area (Å²) in [5.41, 5.74) is 0. The number of carboxylic acids is 1. The Morgan fingerprint density at radius 2 is 0.889 bits per heavy atom. The van der Waals surface area contributed by atoms with Crippen molar-refractivity contribution in [1.29, 1.82) is 0 Å². The number of carboxylic acid groups (broad SMARTS) is 1. The van der Waals surface area contributed by atoms with Crippen molar-refractivity contribution < 1.29 is 14.6 Å². The fraction of sp³-hybridized carbons (Fsp3) is 0.0312. The molecular weight excluding hydrogens is 463 g/mol. The van der Waals surface area contributed by atoms with Crippen LogP contribution in [0.25, 0.3) is 0 Å². The number of rotatable bonds is 6. The van der Waals surface area contributed by atoms with Gasteiger partial charge in [0.2, 0.25) is 0 Å². The van der Waals surface area contributed by atoms with Crippen LogP contribution in [0, 0.1) is 0 Å². The van der Waals surface area contributed by atoms with Crippen LogP contribution in [0.15, 0.2) is 146 Å². The second-order valence-electron chi connectivity index (χ2n) is 8.05. The number of carbonyl (C=O) groups is 1. The molecule has 5 aromatic rings. The van der Waals surface area contributed by atoms with E-state index in [0.29, 0.717) is 0 Å². The van der Waals surface area contributed by atoms with Gasteiger partial charge in [-0.15, -0.1) is 0 Å². The first-order valence-corrected chi connectivity index (χ1v) is 13.5. The average molecular weight is 491 g/mol. The van der Waals surface area contributed by atoms with Crippen molar-refractivity contribution in [3.8, 4) is 11.5 Å². The van der Waals surface area contributed by atoms with Crippen molar-refractivity contribution in [3.05, 3.63) is 146 Å². The highest BCUT2D eigenvalue weighted by Crippen LogP contribution is 2.56. The molecule has 5 rings (SSSR count). The molecule has 0 N–H and O–H groups in total. The quantitative estimate of drug-likeness (QED) is 0.320. The van der Waals surface area contributed by atoms with E-state index < -0.39 is 13.2 Å². The lowest BCUT2D eigenvalue weighted by Crippen LogP contribution is -2.39. The highest BCUT2D eigenvalue weighted by molar-refractivity contribution is 8.01. The Balaban J connectivity index is 0.000000709. The summed E-state index contributed by atoms with van der Waals surface area (Å²) in [7, 11) is -2.21. The topological polar surface area (TPSA) is 49.4 Å². The van der Waals surface area contributed by atoms with Crippen LogP contribution < -0.4 is 31.1 Å². The smallest absolute Gasteiger partial charge is 0.170 e. The van der Waals surface area contributed by atoms with Crippen LogP contribution in [0.3, 0.4) is 0 Å². The number of hydrogen-bond acceptors (Lipinski definition) is 3. The lowest BCUT2D eigenvalue weighted by Gasteiger charge is -2.28. The molecule has 0 aromatic heterocycles. The summed E-state index contributed by atoms with van der Waals surface area (Å²) in [6.45, 7) is 0.972. The maximum absolute atomic E-state index is 8.89. The molecule has 5 aromatic carbocycles. The summed E-state index contributed by atoms with van der Waals surface area (Å²) in [6.07, 6.45) is 0. The van der Waals surface area contributed by atoms with Gasteiger partial charge in [0, 0.05) is 5.97 Å². The van der Waals surface area contributed by atoms with Crippen molar-refractivity contribution in [2.24, 2.45) is 0 Å². The minimum atomic E-state index is -2.21. The zero-order valence-corrected chi connectivity index (χ0v) is 20.9. The summed E-state index contributed by atoms with van der Waals surface area (Å²) in [5.74, 6) is 0.649. The summed E-state index contributed by atoms with van der Waals surface area (Å²) in [5, 5.41) is 14.0. The van der Waals surface area contributed by atoms with Crippen molar-refractivity contribution in [2.75, 3.05) is 0 Å². The Kier molecular flexibility index (Phi) is 8.28. The van der Waals surface area contributed by atoms with E-state index in [-0.39, 0.29) is 0 Å². The fourth-order valence-electron chi connectivity index (χ4n) is 4.26. The molecule has 0 aliphatic carbocycles. The number of carbonyl (C=O) groups excluding carboxylic acids is 1. The number of benzene rings is 5.